The first kappa shape index (κ1) is 13.9. The molecule has 0 nitrogen and oxygen atoms in total. The van der Waals surface area contributed by atoms with Crippen LogP contribution in [-0.2, 0) is 0 Å². The van der Waals surface area contributed by atoms with Gasteiger partial charge in [0.15, 0.2) is 0 Å². The van der Waals surface area contributed by atoms with Crippen molar-refractivity contribution in [3.8, 4) is 0 Å². The molecule has 0 fully saturated rings. The molecule has 0 heterocycles. The van der Waals surface area contributed by atoms with E-state index < -0.39 is 23.3 Å². The number of rotatable bonds is 2. The van der Waals surface area contributed by atoms with Crippen LogP contribution in [0.5, 0.6) is 0 Å². The van der Waals surface area contributed by atoms with E-state index in [9.17, 15) is 17.6 Å². The lowest BCUT2D eigenvalue weighted by atomic mass is 10.2. The van der Waals surface area contributed by atoms with Gasteiger partial charge >= 0.3 is 0 Å². The fourth-order valence-electron chi connectivity index (χ4n) is 1.50. The maximum Gasteiger partial charge on any atom is 0.130 e. The summed E-state index contributed by atoms with van der Waals surface area (Å²) in [6.07, 6.45) is 0. The van der Waals surface area contributed by atoms with E-state index in [1.54, 1.807) is 0 Å². The first-order valence-electron chi connectivity index (χ1n) is 5.47. The summed E-state index contributed by atoms with van der Waals surface area (Å²) in [5.41, 5.74) is -0.156. The van der Waals surface area contributed by atoms with Gasteiger partial charge in [0.2, 0.25) is 0 Å². The lowest BCUT2D eigenvalue weighted by Crippen LogP contribution is -1.91. The molecule has 2 rings (SSSR count). The summed E-state index contributed by atoms with van der Waals surface area (Å²) in [5, 5.41) is 0. The van der Waals surface area contributed by atoms with Gasteiger partial charge in [-0.1, -0.05) is 11.8 Å². The van der Waals surface area contributed by atoms with Crippen molar-refractivity contribution in [2.75, 3.05) is 0 Å². The van der Waals surface area contributed by atoms with E-state index in [1.807, 2.05) is 0 Å². The molecule has 0 aliphatic rings. The molecular formula is C14H10F4S. The minimum Gasteiger partial charge on any atom is -0.207 e. The van der Waals surface area contributed by atoms with Gasteiger partial charge in [0.1, 0.15) is 23.3 Å². The average molecular weight is 286 g/mol. The summed E-state index contributed by atoms with van der Waals surface area (Å²) in [4.78, 5) is 0.506. The quantitative estimate of drug-likeness (QED) is 0.699. The molecule has 0 bridgehead atoms. The molecule has 0 saturated heterocycles. The second kappa shape index (κ2) is 5.25. The molecule has 5 heteroatoms. The second-order valence-corrected chi connectivity index (χ2v) is 5.27. The van der Waals surface area contributed by atoms with E-state index in [0.29, 0.717) is 0 Å². The SMILES string of the molecule is Cc1c(F)cc(Sc2cc(F)c(C)c(F)c2)cc1F. The fraction of sp³-hybridized carbons (Fsp3) is 0.143. The van der Waals surface area contributed by atoms with Crippen molar-refractivity contribution >= 4 is 11.8 Å². The zero-order valence-electron chi connectivity index (χ0n) is 10.2. The number of hydrogen-bond donors (Lipinski definition) is 0. The van der Waals surface area contributed by atoms with Gasteiger partial charge in [0.05, 0.1) is 0 Å². The van der Waals surface area contributed by atoms with Gasteiger partial charge in [-0.2, -0.15) is 0 Å². The minimum atomic E-state index is -0.685. The Morgan fingerprint density at radius 3 is 1.16 bits per heavy atom. The van der Waals surface area contributed by atoms with Gasteiger partial charge in [-0.3, -0.25) is 0 Å². The zero-order chi connectivity index (χ0) is 14.2. The molecule has 0 N–H and O–H groups in total. The Morgan fingerprint density at radius 1 is 0.632 bits per heavy atom. The van der Waals surface area contributed by atoms with E-state index in [-0.39, 0.29) is 20.9 Å². The zero-order valence-corrected chi connectivity index (χ0v) is 11.0. The highest BCUT2D eigenvalue weighted by molar-refractivity contribution is 7.99. The van der Waals surface area contributed by atoms with Crippen LogP contribution in [0.15, 0.2) is 34.1 Å². The molecule has 0 radical (unpaired) electrons. The Balaban J connectivity index is 2.36. The molecule has 100 valence electrons. The van der Waals surface area contributed by atoms with Gasteiger partial charge in [0, 0.05) is 20.9 Å². The minimum absolute atomic E-state index is 0.0781. The maximum atomic E-state index is 13.4. The highest BCUT2D eigenvalue weighted by Crippen LogP contribution is 2.31. The Morgan fingerprint density at radius 2 is 0.895 bits per heavy atom. The Hall–Kier alpha value is -1.49. The van der Waals surface area contributed by atoms with Crippen LogP contribution in [0.3, 0.4) is 0 Å². The monoisotopic (exact) mass is 286 g/mol. The summed E-state index contributed by atoms with van der Waals surface area (Å²) < 4.78 is 53.5. The molecule has 0 unspecified atom stereocenters. The molecule has 0 spiro atoms. The van der Waals surface area contributed by atoms with Crippen molar-refractivity contribution in [2.24, 2.45) is 0 Å². The summed E-state index contributed by atoms with van der Waals surface area (Å²) >= 11 is 0.902. The first-order valence-corrected chi connectivity index (χ1v) is 6.29. The second-order valence-electron chi connectivity index (χ2n) is 4.13. The molecule has 0 aliphatic heterocycles. The third kappa shape index (κ3) is 2.92. The molecule has 2 aromatic carbocycles. The topological polar surface area (TPSA) is 0 Å². The molecule has 0 aliphatic carbocycles. The molecule has 0 aromatic heterocycles. The van der Waals surface area contributed by atoms with E-state index in [1.165, 1.54) is 13.8 Å². The van der Waals surface area contributed by atoms with Crippen LogP contribution in [0, 0.1) is 37.1 Å². The summed E-state index contributed by atoms with van der Waals surface area (Å²) in [5.74, 6) is -2.74. The van der Waals surface area contributed by atoms with E-state index in [4.69, 9.17) is 0 Å². The molecule has 0 atom stereocenters. The van der Waals surface area contributed by atoms with E-state index >= 15 is 0 Å². The van der Waals surface area contributed by atoms with Gasteiger partial charge in [-0.25, -0.2) is 17.6 Å². The van der Waals surface area contributed by atoms with Crippen LogP contribution in [-0.4, -0.2) is 0 Å². The van der Waals surface area contributed by atoms with Gasteiger partial charge in [0.25, 0.3) is 0 Å². The number of benzene rings is 2. The first-order chi connectivity index (χ1) is 8.88. The maximum absolute atomic E-state index is 13.4. The van der Waals surface area contributed by atoms with Crippen molar-refractivity contribution in [1.29, 1.82) is 0 Å². The Kier molecular flexibility index (Phi) is 3.85. The highest BCUT2D eigenvalue weighted by atomic mass is 32.2. The third-order valence-corrected chi connectivity index (χ3v) is 3.69. The van der Waals surface area contributed by atoms with Crippen molar-refractivity contribution in [2.45, 2.75) is 23.6 Å². The normalized spacial score (nSPS) is 10.8. The van der Waals surface area contributed by atoms with Crippen molar-refractivity contribution in [3.05, 3.63) is 58.7 Å². The van der Waals surface area contributed by atoms with Crippen molar-refractivity contribution < 1.29 is 17.6 Å². The van der Waals surface area contributed by atoms with Crippen molar-refractivity contribution in [3.63, 3.8) is 0 Å². The Bertz CT molecular complexity index is 536. The third-order valence-electron chi connectivity index (χ3n) is 2.74. The standard InChI is InChI=1S/C14H10F4S/c1-7-11(15)3-9(4-12(7)16)19-10-5-13(17)8(2)14(18)6-10/h3-6H,1-2H3. The predicted octanol–water partition coefficient (Wildman–Crippen LogP) is 5.01. The van der Waals surface area contributed by atoms with Crippen LogP contribution in [0.1, 0.15) is 11.1 Å². The molecule has 2 aromatic rings. The van der Waals surface area contributed by atoms with Gasteiger partial charge < -0.3 is 0 Å². The van der Waals surface area contributed by atoms with Crippen LogP contribution in [0.4, 0.5) is 17.6 Å². The van der Waals surface area contributed by atoms with E-state index in [0.717, 1.165) is 36.0 Å². The lowest BCUT2D eigenvalue weighted by Gasteiger charge is -2.06. The molecule has 19 heavy (non-hydrogen) atoms. The summed E-state index contributed by atoms with van der Waals surface area (Å²) in [6.45, 7) is 2.65. The number of hydrogen-bond acceptors (Lipinski definition) is 1. The smallest absolute Gasteiger partial charge is 0.130 e. The summed E-state index contributed by atoms with van der Waals surface area (Å²) in [6, 6.07) is 4.55. The highest BCUT2D eigenvalue weighted by Gasteiger charge is 2.11. The average Bonchev–Trinajstić information content (AvgIpc) is 2.33. The lowest BCUT2D eigenvalue weighted by molar-refractivity contribution is 0.561. The van der Waals surface area contributed by atoms with Gasteiger partial charge in [-0.05, 0) is 38.1 Å². The van der Waals surface area contributed by atoms with Crippen LogP contribution in [0.2, 0.25) is 0 Å². The van der Waals surface area contributed by atoms with Crippen LogP contribution < -0.4 is 0 Å². The van der Waals surface area contributed by atoms with Gasteiger partial charge in [-0.15, -0.1) is 0 Å². The fourth-order valence-corrected chi connectivity index (χ4v) is 2.42. The summed E-state index contributed by atoms with van der Waals surface area (Å²) in [7, 11) is 0. The molecular weight excluding hydrogens is 276 g/mol. The van der Waals surface area contributed by atoms with E-state index in [2.05, 4.69) is 0 Å². The number of halogens is 4. The largest absolute Gasteiger partial charge is 0.207 e. The molecule has 0 saturated carbocycles. The Labute approximate surface area is 112 Å². The van der Waals surface area contributed by atoms with Crippen molar-refractivity contribution in [1.82, 2.24) is 0 Å². The molecule has 0 amide bonds. The van der Waals surface area contributed by atoms with Crippen LogP contribution in [0.25, 0.3) is 0 Å². The predicted molar refractivity (Wildman–Crippen MR) is 66.3 cm³/mol. The van der Waals surface area contributed by atoms with Crippen LogP contribution >= 0.6 is 11.8 Å².